The van der Waals surface area contributed by atoms with E-state index in [4.69, 9.17) is 15.9 Å². The number of hydrogen-bond acceptors (Lipinski definition) is 6. The monoisotopic (exact) mass is 198 g/mol. The normalized spacial score (nSPS) is 18.7. The Kier molecular flexibility index (Phi) is 5.65. The molecule has 4 N–H and O–H groups in total. The molecule has 0 saturated carbocycles. The second-order valence-corrected chi connectivity index (χ2v) is 4.18. The molecule has 6 nitrogen and oxygen atoms in total. The van der Waals surface area contributed by atoms with Crippen molar-refractivity contribution >= 4 is 7.60 Å². The molecule has 0 aromatic carbocycles. The van der Waals surface area contributed by atoms with Crippen molar-refractivity contribution in [3.8, 4) is 0 Å². The number of aliphatic hydroxyl groups is 2. The van der Waals surface area contributed by atoms with Gasteiger partial charge >= 0.3 is 0 Å². The van der Waals surface area contributed by atoms with Crippen LogP contribution in [0.1, 0.15) is 0 Å². The van der Waals surface area contributed by atoms with Crippen molar-refractivity contribution in [2.75, 3.05) is 25.9 Å². The maximum atomic E-state index is 10.8. The van der Waals surface area contributed by atoms with E-state index >= 15 is 0 Å². The van der Waals surface area contributed by atoms with Crippen molar-refractivity contribution < 1.29 is 24.2 Å². The van der Waals surface area contributed by atoms with E-state index in [0.717, 1.165) is 0 Å². The molecular weight excluding hydrogens is 185 g/mol. The van der Waals surface area contributed by atoms with Gasteiger partial charge in [0.2, 0.25) is 0 Å². The van der Waals surface area contributed by atoms with Crippen molar-refractivity contribution in [1.29, 1.82) is 0 Å². The molecule has 0 aromatic rings. The predicted molar refractivity (Wildman–Crippen MR) is 40.6 cm³/mol. The van der Waals surface area contributed by atoms with Crippen LogP contribution < -0.4 is 10.6 Å². The van der Waals surface area contributed by atoms with Crippen molar-refractivity contribution in [3.05, 3.63) is 0 Å². The summed E-state index contributed by atoms with van der Waals surface area (Å²) >= 11 is 0. The molecule has 0 aromatic heterocycles. The Morgan fingerprint density at radius 3 is 2.67 bits per heavy atom. The van der Waals surface area contributed by atoms with Crippen LogP contribution in [0.15, 0.2) is 0 Å². The summed E-state index contributed by atoms with van der Waals surface area (Å²) in [6.45, 7) is -0.962. The number of nitrogens with two attached hydrogens (primary N) is 1. The van der Waals surface area contributed by atoms with Crippen LogP contribution in [0.3, 0.4) is 0 Å². The fourth-order valence-corrected chi connectivity index (χ4v) is 1.32. The quantitative estimate of drug-likeness (QED) is 0.420. The van der Waals surface area contributed by atoms with Gasteiger partial charge < -0.3 is 29.9 Å². The minimum atomic E-state index is -3.91. The predicted octanol–water partition coefficient (Wildman–Crippen LogP) is -2.13. The van der Waals surface area contributed by atoms with Gasteiger partial charge in [0.05, 0.1) is 13.2 Å². The molecule has 0 aliphatic heterocycles. The molecule has 0 rings (SSSR count). The maximum absolute atomic E-state index is 10.8. The minimum absolute atomic E-state index is 0.0179. The molecular formula is C5H13NO5P-. The highest BCUT2D eigenvalue weighted by atomic mass is 31.2. The molecule has 0 fully saturated rings. The number of rotatable bonds is 6. The van der Waals surface area contributed by atoms with Crippen LogP contribution in [0, 0.1) is 0 Å². The zero-order valence-corrected chi connectivity index (χ0v) is 7.44. The summed E-state index contributed by atoms with van der Waals surface area (Å²) in [4.78, 5) is 10.8. The van der Waals surface area contributed by atoms with Crippen LogP contribution in [0.4, 0.5) is 0 Å². The molecule has 0 aliphatic carbocycles. The van der Waals surface area contributed by atoms with Gasteiger partial charge in [-0.1, -0.05) is 0 Å². The van der Waals surface area contributed by atoms with Crippen LogP contribution in [-0.2, 0) is 9.09 Å². The maximum Gasteiger partial charge on any atom is 0.136 e. The molecule has 12 heavy (non-hydrogen) atoms. The summed E-state index contributed by atoms with van der Waals surface area (Å²) in [5, 5.41) is 17.0. The molecule has 0 saturated heterocycles. The first-order valence-electron chi connectivity index (χ1n) is 3.45. The van der Waals surface area contributed by atoms with Crippen molar-refractivity contribution in [2.45, 2.75) is 6.10 Å². The van der Waals surface area contributed by atoms with Gasteiger partial charge in [-0.2, -0.15) is 0 Å². The third kappa shape index (κ3) is 5.65. The van der Waals surface area contributed by atoms with Gasteiger partial charge in [0.1, 0.15) is 13.7 Å². The smallest absolute Gasteiger partial charge is 0.136 e. The average Bonchev–Trinajstić information content (AvgIpc) is 2.00. The van der Waals surface area contributed by atoms with Crippen LogP contribution in [0.2, 0.25) is 0 Å². The lowest BCUT2D eigenvalue weighted by molar-refractivity contribution is -0.200. The van der Waals surface area contributed by atoms with Gasteiger partial charge in [0.15, 0.2) is 0 Å². The molecule has 0 amide bonds. The first-order chi connectivity index (χ1) is 5.52. The third-order valence-electron chi connectivity index (χ3n) is 1.08. The zero-order valence-electron chi connectivity index (χ0n) is 6.55. The Hall–Kier alpha value is 0.0300. The van der Waals surface area contributed by atoms with E-state index in [2.05, 4.69) is 4.52 Å². The molecule has 7 heteroatoms. The first kappa shape index (κ1) is 12.0. The Morgan fingerprint density at radius 1 is 1.67 bits per heavy atom. The largest absolute Gasteiger partial charge is 0.778 e. The van der Waals surface area contributed by atoms with E-state index in [1.165, 1.54) is 0 Å². The lowest BCUT2D eigenvalue weighted by Gasteiger charge is -2.23. The first-order valence-corrected chi connectivity index (χ1v) is 5.18. The molecule has 0 spiro atoms. The lowest BCUT2D eigenvalue weighted by Crippen LogP contribution is -2.23. The highest BCUT2D eigenvalue weighted by molar-refractivity contribution is 7.51. The molecule has 0 heterocycles. The van der Waals surface area contributed by atoms with Gasteiger partial charge in [0, 0.05) is 12.7 Å². The fourth-order valence-electron chi connectivity index (χ4n) is 0.475. The SMILES string of the molecule is NCCP(=O)([O-])OCC(O)CO. The van der Waals surface area contributed by atoms with Crippen molar-refractivity contribution in [1.82, 2.24) is 0 Å². The summed E-state index contributed by atoms with van der Waals surface area (Å²) in [6.07, 6.45) is -1.42. The summed E-state index contributed by atoms with van der Waals surface area (Å²) < 4.78 is 15.1. The lowest BCUT2D eigenvalue weighted by atomic mass is 10.4. The molecule has 0 radical (unpaired) electrons. The highest BCUT2D eigenvalue weighted by Gasteiger charge is 2.10. The van der Waals surface area contributed by atoms with E-state index in [-0.39, 0.29) is 12.7 Å². The van der Waals surface area contributed by atoms with Gasteiger partial charge in [-0.25, -0.2) is 0 Å². The molecule has 2 unspecified atom stereocenters. The summed E-state index contributed by atoms with van der Waals surface area (Å²) in [5.41, 5.74) is 4.99. The van der Waals surface area contributed by atoms with Crippen LogP contribution in [0.5, 0.6) is 0 Å². The third-order valence-corrected chi connectivity index (χ3v) is 2.43. The Balaban J connectivity index is 3.67. The van der Waals surface area contributed by atoms with Gasteiger partial charge in [-0.15, -0.1) is 0 Å². The summed E-state index contributed by atoms with van der Waals surface area (Å²) in [7, 11) is -3.91. The average molecular weight is 198 g/mol. The van der Waals surface area contributed by atoms with E-state index in [9.17, 15) is 9.46 Å². The Labute approximate surface area is 70.5 Å². The van der Waals surface area contributed by atoms with Crippen molar-refractivity contribution in [2.24, 2.45) is 5.73 Å². The standard InChI is InChI=1S/C5H14NO5P/c6-1-2-12(9,10)11-4-5(8)3-7/h5,7-8H,1-4,6H2,(H,9,10)/p-1. The van der Waals surface area contributed by atoms with Crippen LogP contribution in [0.25, 0.3) is 0 Å². The van der Waals surface area contributed by atoms with Gasteiger partial charge in [-0.3, -0.25) is 0 Å². The minimum Gasteiger partial charge on any atom is -0.778 e. The fraction of sp³-hybridized carbons (Fsp3) is 1.00. The number of aliphatic hydroxyl groups excluding tert-OH is 2. The van der Waals surface area contributed by atoms with Crippen LogP contribution >= 0.6 is 7.60 Å². The molecule has 74 valence electrons. The zero-order chi connectivity index (χ0) is 9.61. The molecule has 2 atom stereocenters. The Bertz CT molecular complexity index is 164. The van der Waals surface area contributed by atoms with E-state index in [0.29, 0.717) is 0 Å². The highest BCUT2D eigenvalue weighted by Crippen LogP contribution is 2.35. The molecule has 0 aliphatic rings. The van der Waals surface area contributed by atoms with Crippen LogP contribution in [-0.4, -0.2) is 42.2 Å². The topological polar surface area (TPSA) is 116 Å². The summed E-state index contributed by atoms with van der Waals surface area (Å²) in [5.74, 6) is 0. The summed E-state index contributed by atoms with van der Waals surface area (Å²) in [6, 6.07) is 0. The molecule has 0 bridgehead atoms. The van der Waals surface area contributed by atoms with E-state index in [1.807, 2.05) is 0 Å². The van der Waals surface area contributed by atoms with Crippen molar-refractivity contribution in [3.63, 3.8) is 0 Å². The second kappa shape index (κ2) is 5.64. The van der Waals surface area contributed by atoms with Gasteiger partial charge in [0.25, 0.3) is 0 Å². The second-order valence-electron chi connectivity index (χ2n) is 2.26. The van der Waals surface area contributed by atoms with Gasteiger partial charge in [-0.05, 0) is 0 Å². The number of hydrogen-bond donors (Lipinski definition) is 3. The van der Waals surface area contributed by atoms with E-state index in [1.54, 1.807) is 0 Å². The Morgan fingerprint density at radius 2 is 2.25 bits per heavy atom. The van der Waals surface area contributed by atoms with E-state index < -0.39 is 26.9 Å².